The minimum absolute atomic E-state index is 0.112. The Bertz CT molecular complexity index is 670. The van der Waals surface area contributed by atoms with Gasteiger partial charge in [0.2, 0.25) is 0 Å². The molecule has 110 valence electrons. The van der Waals surface area contributed by atoms with Crippen LogP contribution in [0.2, 0.25) is 0 Å². The van der Waals surface area contributed by atoms with Crippen LogP contribution in [0.15, 0.2) is 36.4 Å². The van der Waals surface area contributed by atoms with E-state index in [9.17, 15) is 8.78 Å². The Hall–Kier alpha value is -1.94. The van der Waals surface area contributed by atoms with Crippen molar-refractivity contribution in [2.24, 2.45) is 0 Å². The van der Waals surface area contributed by atoms with E-state index in [4.69, 9.17) is 0 Å². The topological polar surface area (TPSA) is 15.3 Å². The van der Waals surface area contributed by atoms with Crippen LogP contribution in [0.4, 0.5) is 20.2 Å². The van der Waals surface area contributed by atoms with Gasteiger partial charge in [-0.2, -0.15) is 0 Å². The zero-order valence-electron chi connectivity index (χ0n) is 12.2. The lowest BCUT2D eigenvalue weighted by atomic mass is 10.0. The average molecular weight is 288 g/mol. The number of hydrogen-bond acceptors (Lipinski definition) is 2. The van der Waals surface area contributed by atoms with Crippen LogP contribution in [-0.2, 0) is 6.42 Å². The highest BCUT2D eigenvalue weighted by molar-refractivity contribution is 5.72. The molecule has 2 aromatic carbocycles. The van der Waals surface area contributed by atoms with Crippen molar-refractivity contribution >= 4 is 11.4 Å². The highest BCUT2D eigenvalue weighted by Crippen LogP contribution is 2.39. The number of nitrogens with one attached hydrogen (secondary N) is 1. The third-order valence-corrected chi connectivity index (χ3v) is 4.13. The molecule has 1 atom stereocenters. The van der Waals surface area contributed by atoms with Gasteiger partial charge in [0.25, 0.3) is 0 Å². The molecule has 0 radical (unpaired) electrons. The van der Waals surface area contributed by atoms with Crippen molar-refractivity contribution in [2.75, 3.05) is 18.5 Å². The summed E-state index contributed by atoms with van der Waals surface area (Å²) in [7, 11) is 1.80. The Labute approximate surface area is 123 Å². The van der Waals surface area contributed by atoms with E-state index in [-0.39, 0.29) is 17.7 Å². The molecule has 1 N–H and O–H groups in total. The predicted octanol–water partition coefficient (Wildman–Crippen LogP) is 3.94. The maximum absolute atomic E-state index is 14.3. The van der Waals surface area contributed by atoms with E-state index in [0.717, 1.165) is 29.9 Å². The van der Waals surface area contributed by atoms with Crippen molar-refractivity contribution < 1.29 is 8.78 Å². The van der Waals surface area contributed by atoms with Crippen molar-refractivity contribution in [3.05, 3.63) is 59.2 Å². The molecule has 1 aliphatic rings. The third kappa shape index (κ3) is 2.40. The maximum Gasteiger partial charge on any atom is 0.130 e. The number of nitrogens with zero attached hydrogens (tertiary/aromatic N) is 1. The van der Waals surface area contributed by atoms with Gasteiger partial charge in [-0.25, -0.2) is 8.78 Å². The summed E-state index contributed by atoms with van der Waals surface area (Å²) in [4.78, 5) is 2.00. The van der Waals surface area contributed by atoms with E-state index in [2.05, 4.69) is 5.32 Å². The quantitative estimate of drug-likeness (QED) is 0.920. The van der Waals surface area contributed by atoms with Gasteiger partial charge in [0.05, 0.1) is 0 Å². The van der Waals surface area contributed by atoms with Gasteiger partial charge in [0.15, 0.2) is 0 Å². The molecule has 21 heavy (non-hydrogen) atoms. The molecule has 0 amide bonds. The fourth-order valence-corrected chi connectivity index (χ4v) is 2.94. The summed E-state index contributed by atoms with van der Waals surface area (Å²) in [5.41, 5.74) is 3.37. The van der Waals surface area contributed by atoms with Crippen molar-refractivity contribution in [2.45, 2.75) is 19.4 Å². The lowest BCUT2D eigenvalue weighted by Gasteiger charge is -2.25. The van der Waals surface area contributed by atoms with E-state index in [0.29, 0.717) is 5.56 Å². The van der Waals surface area contributed by atoms with Crippen LogP contribution in [0.25, 0.3) is 0 Å². The number of benzene rings is 2. The Morgan fingerprint density at radius 3 is 2.71 bits per heavy atom. The largest absolute Gasteiger partial charge is 0.340 e. The summed E-state index contributed by atoms with van der Waals surface area (Å²) in [5, 5.41) is 3.08. The minimum Gasteiger partial charge on any atom is -0.340 e. The molecule has 0 spiro atoms. The van der Waals surface area contributed by atoms with Crippen LogP contribution < -0.4 is 10.2 Å². The number of rotatable bonds is 3. The summed E-state index contributed by atoms with van der Waals surface area (Å²) in [6.07, 6.45) is 0.847. The Kier molecular flexibility index (Phi) is 3.64. The van der Waals surface area contributed by atoms with E-state index in [1.54, 1.807) is 13.1 Å². The molecule has 0 fully saturated rings. The fraction of sp³-hybridized carbons (Fsp3) is 0.294. The van der Waals surface area contributed by atoms with Crippen LogP contribution in [-0.4, -0.2) is 13.6 Å². The minimum atomic E-state index is -0.264. The van der Waals surface area contributed by atoms with Gasteiger partial charge < -0.3 is 10.2 Å². The third-order valence-electron chi connectivity index (χ3n) is 4.13. The molecule has 0 aliphatic carbocycles. The summed E-state index contributed by atoms with van der Waals surface area (Å²) in [5.74, 6) is -0.500. The van der Waals surface area contributed by atoms with Gasteiger partial charge in [-0.15, -0.1) is 0 Å². The monoisotopic (exact) mass is 288 g/mol. The Morgan fingerprint density at radius 2 is 1.95 bits per heavy atom. The first-order valence-electron chi connectivity index (χ1n) is 7.13. The molecule has 0 aromatic heterocycles. The predicted molar refractivity (Wildman–Crippen MR) is 81.0 cm³/mol. The van der Waals surface area contributed by atoms with Crippen molar-refractivity contribution in [3.63, 3.8) is 0 Å². The van der Waals surface area contributed by atoms with E-state index in [1.807, 2.05) is 24.0 Å². The first-order chi connectivity index (χ1) is 10.1. The van der Waals surface area contributed by atoms with Crippen molar-refractivity contribution in [1.29, 1.82) is 0 Å². The first-order valence-corrected chi connectivity index (χ1v) is 7.13. The number of hydrogen-bond donors (Lipinski definition) is 1. The number of halogens is 2. The molecule has 2 nitrogen and oxygen atoms in total. The molecular formula is C17H18F2N2. The standard InChI is InChI=1S/C17H18F2N2/c1-11(20-2)17-14(19)4-3-5-15(17)21-9-8-12-6-7-13(18)10-16(12)21/h3-7,10-11,20H,8-9H2,1-2H3. The second kappa shape index (κ2) is 5.45. The van der Waals surface area contributed by atoms with Crippen LogP contribution in [0.3, 0.4) is 0 Å². The summed E-state index contributed by atoms with van der Waals surface area (Å²) >= 11 is 0. The Morgan fingerprint density at radius 1 is 1.14 bits per heavy atom. The maximum atomic E-state index is 14.3. The molecule has 3 rings (SSSR count). The SMILES string of the molecule is CNC(C)c1c(F)cccc1N1CCc2ccc(F)cc21. The summed E-state index contributed by atoms with van der Waals surface area (Å²) in [6.45, 7) is 2.66. The van der Waals surface area contributed by atoms with E-state index in [1.165, 1.54) is 18.2 Å². The molecule has 0 saturated carbocycles. The molecule has 0 bridgehead atoms. The first kappa shape index (κ1) is 14.0. The highest BCUT2D eigenvalue weighted by Gasteiger charge is 2.25. The van der Waals surface area contributed by atoms with Gasteiger partial charge in [-0.1, -0.05) is 12.1 Å². The van der Waals surface area contributed by atoms with Crippen LogP contribution in [0, 0.1) is 11.6 Å². The fourth-order valence-electron chi connectivity index (χ4n) is 2.94. The highest BCUT2D eigenvalue weighted by atomic mass is 19.1. The number of anilines is 2. The summed E-state index contributed by atoms with van der Waals surface area (Å²) in [6, 6.07) is 9.77. The molecule has 2 aromatic rings. The smallest absolute Gasteiger partial charge is 0.130 e. The zero-order valence-corrected chi connectivity index (χ0v) is 12.2. The average Bonchev–Trinajstić information content (AvgIpc) is 2.89. The number of fused-ring (bicyclic) bond motifs is 1. The van der Waals surface area contributed by atoms with Crippen molar-refractivity contribution in [3.8, 4) is 0 Å². The normalized spacial score (nSPS) is 15.1. The van der Waals surface area contributed by atoms with Gasteiger partial charge >= 0.3 is 0 Å². The molecule has 0 saturated heterocycles. The van der Waals surface area contributed by atoms with Gasteiger partial charge in [0.1, 0.15) is 11.6 Å². The van der Waals surface area contributed by atoms with Gasteiger partial charge in [0, 0.05) is 29.5 Å². The second-order valence-corrected chi connectivity index (χ2v) is 5.36. The van der Waals surface area contributed by atoms with E-state index >= 15 is 0 Å². The molecule has 1 aliphatic heterocycles. The lowest BCUT2D eigenvalue weighted by molar-refractivity contribution is 0.562. The lowest BCUT2D eigenvalue weighted by Crippen LogP contribution is -2.21. The molecule has 1 heterocycles. The van der Waals surface area contributed by atoms with Crippen LogP contribution in [0.5, 0.6) is 0 Å². The van der Waals surface area contributed by atoms with Crippen LogP contribution >= 0.6 is 0 Å². The summed E-state index contributed by atoms with van der Waals surface area (Å²) < 4.78 is 27.8. The van der Waals surface area contributed by atoms with Gasteiger partial charge in [-0.05, 0) is 50.2 Å². The zero-order chi connectivity index (χ0) is 15.0. The van der Waals surface area contributed by atoms with Crippen molar-refractivity contribution in [1.82, 2.24) is 5.32 Å². The molecule has 1 unspecified atom stereocenters. The Balaban J connectivity index is 2.12. The van der Waals surface area contributed by atoms with Gasteiger partial charge in [-0.3, -0.25) is 0 Å². The van der Waals surface area contributed by atoms with Crippen LogP contribution in [0.1, 0.15) is 24.1 Å². The van der Waals surface area contributed by atoms with E-state index < -0.39 is 0 Å². The molecule has 4 heteroatoms. The molecular weight excluding hydrogens is 270 g/mol. The second-order valence-electron chi connectivity index (χ2n) is 5.36.